The lowest BCUT2D eigenvalue weighted by Gasteiger charge is -2.20. The maximum atomic E-state index is 12.5. The van der Waals surface area contributed by atoms with Gasteiger partial charge in [-0.25, -0.2) is 24.1 Å². The zero-order chi connectivity index (χ0) is 35.4. The zero-order valence-corrected chi connectivity index (χ0v) is 27.8. The molecular formula is C23H37N7O15P2S. The van der Waals surface area contributed by atoms with E-state index in [1.807, 2.05) is 0 Å². The fourth-order valence-corrected chi connectivity index (χ4v) is 7.75. The first-order chi connectivity index (χ1) is 22.5. The van der Waals surface area contributed by atoms with E-state index in [0.717, 1.165) is 18.1 Å². The molecule has 270 valence electrons. The first kappa shape index (κ1) is 38.6. The van der Waals surface area contributed by atoms with E-state index in [9.17, 15) is 44.1 Å². The van der Waals surface area contributed by atoms with Gasteiger partial charge in [-0.2, -0.15) is 4.31 Å². The van der Waals surface area contributed by atoms with Crippen LogP contribution in [0.4, 0.5) is 5.82 Å². The number of carboxylic acid groups (broad SMARTS) is 1. The molecule has 0 bridgehead atoms. The Morgan fingerprint density at radius 3 is 2.29 bits per heavy atom. The van der Waals surface area contributed by atoms with Crippen molar-refractivity contribution in [1.82, 2.24) is 19.5 Å². The van der Waals surface area contributed by atoms with Crippen molar-refractivity contribution in [2.24, 2.45) is 10.7 Å². The number of hydrogen-bond donors (Lipinski definition) is 9. The predicted octanol–water partition coefficient (Wildman–Crippen LogP) is -1.54. The van der Waals surface area contributed by atoms with Crippen LogP contribution in [0, 0.1) is 0 Å². The van der Waals surface area contributed by atoms with E-state index in [0.29, 0.717) is 24.4 Å². The predicted molar refractivity (Wildman–Crippen MR) is 164 cm³/mol. The second-order valence-electron chi connectivity index (χ2n) is 10.7. The van der Waals surface area contributed by atoms with Crippen LogP contribution in [0.2, 0.25) is 0 Å². The molecule has 0 radical (unpaired) electrons. The van der Waals surface area contributed by atoms with Crippen LogP contribution in [-0.2, 0) is 36.8 Å². The molecule has 25 heteroatoms. The molecule has 2 saturated heterocycles. The SMILES string of the molecule is CC(=NCCCC[C@H](N)C(=O)O)S[C@H]1O[C@H](COP(=O)(O)OP(=O)(O)OC[C@H]2O[C@@H](n3cnc4c(N)ncnc43)[C@H](O)[C@@H]2O)[C@@H](O)[C@H]1O. The molecule has 0 amide bonds. The number of aliphatic hydroxyl groups excluding tert-OH is 4. The zero-order valence-electron chi connectivity index (χ0n) is 25.2. The third-order valence-corrected chi connectivity index (χ3v) is 10.9. The second-order valence-corrected chi connectivity index (χ2v) is 15.1. The fraction of sp³-hybridized carbons (Fsp3) is 0.696. The number of hydrogen-bond acceptors (Lipinski definition) is 19. The summed E-state index contributed by atoms with van der Waals surface area (Å²) in [5, 5.41) is 50.9. The summed E-state index contributed by atoms with van der Waals surface area (Å²) in [5.74, 6) is -1.04. The number of nitrogens with two attached hydrogens (primary N) is 2. The number of ether oxygens (including phenoxy) is 2. The van der Waals surface area contributed by atoms with Crippen molar-refractivity contribution >= 4 is 55.4 Å². The van der Waals surface area contributed by atoms with Crippen LogP contribution >= 0.6 is 27.4 Å². The highest BCUT2D eigenvalue weighted by atomic mass is 32.2. The van der Waals surface area contributed by atoms with Crippen LogP contribution < -0.4 is 11.5 Å². The quantitative estimate of drug-likeness (QED) is 0.0407. The van der Waals surface area contributed by atoms with Gasteiger partial charge in [0.2, 0.25) is 0 Å². The molecule has 2 fully saturated rings. The molecule has 4 heterocycles. The van der Waals surface area contributed by atoms with Crippen molar-refractivity contribution in [1.29, 1.82) is 0 Å². The molecule has 2 aliphatic heterocycles. The number of thioether (sulfide) groups is 1. The Kier molecular flexibility index (Phi) is 13.1. The molecule has 0 aliphatic carbocycles. The summed E-state index contributed by atoms with van der Waals surface area (Å²) in [6.07, 6.45) is -6.60. The van der Waals surface area contributed by atoms with Crippen molar-refractivity contribution in [3.05, 3.63) is 12.7 Å². The summed E-state index contributed by atoms with van der Waals surface area (Å²) >= 11 is 0.964. The standard InChI is InChI=1S/C23H37N7O15P2S/c1-10(26-5-3-2-4-11(24)22(35)36)48-23-18(34)16(32)13(44-23)7-42-47(39,40)45-46(37,38)41-6-12-15(31)17(33)21(43-12)30-9-29-14-19(25)27-8-28-20(14)30/h8-9,11-13,15-18,21,23,31-34H,2-7,24H2,1H3,(H,35,36)(H,37,38)(H,39,40)(H2,25,27,28)/t11-,12+,13+,15+,16+,17+,18+,21+,23+/m0/s1. The molecule has 22 nitrogen and oxygen atoms in total. The van der Waals surface area contributed by atoms with Gasteiger partial charge in [-0.1, -0.05) is 11.8 Å². The minimum absolute atomic E-state index is 0.0513. The van der Waals surface area contributed by atoms with Crippen molar-refractivity contribution in [2.75, 3.05) is 25.5 Å². The number of carbonyl (C=O) groups is 1. The molecule has 11 atom stereocenters. The molecule has 0 aromatic carbocycles. The number of nitrogen functional groups attached to an aromatic ring is 1. The second kappa shape index (κ2) is 16.2. The number of aliphatic imine (C=N–C) groups is 1. The van der Waals surface area contributed by atoms with Crippen LogP contribution in [0.15, 0.2) is 17.6 Å². The van der Waals surface area contributed by atoms with Gasteiger partial charge in [0.25, 0.3) is 0 Å². The summed E-state index contributed by atoms with van der Waals surface area (Å²) in [4.78, 5) is 47.0. The Balaban J connectivity index is 1.23. The average Bonchev–Trinajstić information content (AvgIpc) is 3.65. The average molecular weight is 746 g/mol. The molecule has 11 N–H and O–H groups in total. The molecule has 0 spiro atoms. The first-order valence-electron chi connectivity index (χ1n) is 14.3. The molecule has 2 aromatic rings. The normalized spacial score (nSPS) is 31.1. The van der Waals surface area contributed by atoms with E-state index in [1.54, 1.807) is 6.92 Å². The highest BCUT2D eigenvalue weighted by Crippen LogP contribution is 2.60. The number of nitrogens with zero attached hydrogens (tertiary/aromatic N) is 5. The smallest absolute Gasteiger partial charge is 0.480 e. The van der Waals surface area contributed by atoms with Crippen LogP contribution in [0.1, 0.15) is 32.4 Å². The van der Waals surface area contributed by atoms with Crippen molar-refractivity contribution in [3.8, 4) is 0 Å². The van der Waals surface area contributed by atoms with E-state index in [4.69, 9.17) is 35.1 Å². The third-order valence-electron chi connectivity index (χ3n) is 7.19. The van der Waals surface area contributed by atoms with Gasteiger partial charge in [0.15, 0.2) is 17.7 Å². The highest BCUT2D eigenvalue weighted by Gasteiger charge is 2.47. The van der Waals surface area contributed by atoms with Gasteiger partial charge < -0.3 is 56.3 Å². The molecular weight excluding hydrogens is 708 g/mol. The summed E-state index contributed by atoms with van der Waals surface area (Å²) in [6.45, 7) is 0.222. The molecule has 2 aliphatic rings. The summed E-state index contributed by atoms with van der Waals surface area (Å²) in [6, 6.07) is -0.958. The van der Waals surface area contributed by atoms with Gasteiger partial charge in [-0.05, 0) is 26.2 Å². The van der Waals surface area contributed by atoms with Crippen molar-refractivity contribution < 1.29 is 72.1 Å². The first-order valence-corrected chi connectivity index (χ1v) is 18.1. The number of phosphoric acid groups is 2. The lowest BCUT2D eigenvalue weighted by molar-refractivity contribution is -0.138. The molecule has 4 rings (SSSR count). The number of aliphatic hydroxyl groups is 4. The number of unbranched alkanes of at least 4 members (excludes halogenated alkanes) is 1. The lowest BCUT2D eigenvalue weighted by Crippen LogP contribution is -2.34. The molecule has 2 aromatic heterocycles. The van der Waals surface area contributed by atoms with Gasteiger partial charge in [0.1, 0.15) is 59.9 Å². The lowest BCUT2D eigenvalue weighted by atomic mass is 10.1. The van der Waals surface area contributed by atoms with Crippen molar-refractivity contribution in [3.63, 3.8) is 0 Å². The van der Waals surface area contributed by atoms with Gasteiger partial charge in [-0.15, -0.1) is 0 Å². The Bertz CT molecular complexity index is 1550. The van der Waals surface area contributed by atoms with Crippen LogP contribution in [0.3, 0.4) is 0 Å². The van der Waals surface area contributed by atoms with Crippen molar-refractivity contribution in [2.45, 2.75) is 80.5 Å². The Labute approximate surface area is 276 Å². The number of fused-ring (bicyclic) bond motifs is 1. The van der Waals surface area contributed by atoms with Crippen LogP contribution in [0.25, 0.3) is 11.2 Å². The van der Waals surface area contributed by atoms with E-state index >= 15 is 0 Å². The third kappa shape index (κ3) is 9.74. The van der Waals surface area contributed by atoms with E-state index in [-0.39, 0.29) is 23.4 Å². The van der Waals surface area contributed by atoms with E-state index < -0.39 is 89.2 Å². The molecule has 2 unspecified atom stereocenters. The topological polar surface area (TPSA) is 347 Å². The number of phosphoric ester groups is 2. The van der Waals surface area contributed by atoms with E-state index in [1.165, 1.54) is 10.9 Å². The Hall–Kier alpha value is -2.18. The number of carboxylic acids is 1. The highest BCUT2D eigenvalue weighted by molar-refractivity contribution is 8.14. The largest absolute Gasteiger partial charge is 0.481 e. The van der Waals surface area contributed by atoms with Gasteiger partial charge in [0, 0.05) is 6.54 Å². The van der Waals surface area contributed by atoms with Gasteiger partial charge in [0.05, 0.1) is 24.6 Å². The van der Waals surface area contributed by atoms with Crippen LogP contribution in [-0.4, -0.2) is 134 Å². The number of rotatable bonds is 16. The number of imidazole rings is 1. The monoisotopic (exact) mass is 745 g/mol. The Morgan fingerprint density at radius 2 is 1.65 bits per heavy atom. The maximum Gasteiger partial charge on any atom is 0.481 e. The van der Waals surface area contributed by atoms with Gasteiger partial charge in [-0.3, -0.25) is 23.4 Å². The number of aliphatic carboxylic acids is 1. The number of aromatic nitrogens is 4. The Morgan fingerprint density at radius 1 is 1.02 bits per heavy atom. The fourth-order valence-electron chi connectivity index (χ4n) is 4.66. The molecule has 48 heavy (non-hydrogen) atoms. The summed E-state index contributed by atoms with van der Waals surface area (Å²) in [7, 11) is -10.7. The molecule has 0 saturated carbocycles. The van der Waals surface area contributed by atoms with Crippen LogP contribution in [0.5, 0.6) is 0 Å². The minimum atomic E-state index is -5.36. The number of anilines is 1. The maximum absolute atomic E-state index is 12.5. The van der Waals surface area contributed by atoms with E-state index in [2.05, 4.69) is 24.3 Å². The summed E-state index contributed by atoms with van der Waals surface area (Å²) < 4.78 is 51.0. The van der Waals surface area contributed by atoms with Gasteiger partial charge >= 0.3 is 21.6 Å². The minimum Gasteiger partial charge on any atom is -0.480 e. The summed E-state index contributed by atoms with van der Waals surface area (Å²) in [5.41, 5.74) is 10.5.